The van der Waals surface area contributed by atoms with Crippen LogP contribution in [0, 0.1) is 6.92 Å². The zero-order valence-electron chi connectivity index (χ0n) is 12.4. The van der Waals surface area contributed by atoms with E-state index >= 15 is 0 Å². The van der Waals surface area contributed by atoms with Crippen LogP contribution in [0.3, 0.4) is 0 Å². The average molecular weight is 300 g/mol. The Balaban J connectivity index is 1.73. The maximum absolute atomic E-state index is 12.2. The van der Waals surface area contributed by atoms with Crippen molar-refractivity contribution in [3.8, 4) is 23.0 Å². The Kier molecular flexibility index (Phi) is 3.87. The molecule has 1 aliphatic heterocycles. The summed E-state index contributed by atoms with van der Waals surface area (Å²) in [5, 5.41) is 0. The molecule has 5 nitrogen and oxygen atoms in total. The second-order valence-electron chi connectivity index (χ2n) is 4.94. The first-order valence-corrected chi connectivity index (χ1v) is 6.92. The van der Waals surface area contributed by atoms with Gasteiger partial charge in [-0.3, -0.25) is 0 Å². The number of fused-ring (bicyclic) bond motifs is 1. The molecule has 0 spiro atoms. The maximum Gasteiger partial charge on any atom is 0.356 e. The number of carbonyl (C=O) groups is 1. The van der Waals surface area contributed by atoms with E-state index in [0.29, 0.717) is 23.0 Å². The predicted octanol–water partition coefficient (Wildman–Crippen LogP) is 2.75. The summed E-state index contributed by atoms with van der Waals surface area (Å²) >= 11 is 0. The average Bonchev–Trinajstić information content (AvgIpc) is 2.55. The van der Waals surface area contributed by atoms with Crippen molar-refractivity contribution in [2.45, 2.75) is 13.0 Å². The highest BCUT2D eigenvalue weighted by molar-refractivity contribution is 5.79. The number of rotatable bonds is 3. The minimum absolute atomic E-state index is 0.115. The van der Waals surface area contributed by atoms with Crippen LogP contribution in [0.2, 0.25) is 0 Å². The van der Waals surface area contributed by atoms with Gasteiger partial charge in [-0.1, -0.05) is 18.2 Å². The molecule has 0 aromatic heterocycles. The SMILES string of the molecule is COc1cc(C)ccc1OC(=O)[C@H]1COc2ccccc2O1. The van der Waals surface area contributed by atoms with Crippen LogP contribution in [0.25, 0.3) is 0 Å². The monoisotopic (exact) mass is 300 g/mol. The topological polar surface area (TPSA) is 54.0 Å². The van der Waals surface area contributed by atoms with Crippen molar-refractivity contribution in [2.75, 3.05) is 13.7 Å². The van der Waals surface area contributed by atoms with Gasteiger partial charge in [-0.15, -0.1) is 0 Å². The Hall–Kier alpha value is -2.69. The van der Waals surface area contributed by atoms with Crippen molar-refractivity contribution in [1.82, 2.24) is 0 Å². The van der Waals surface area contributed by atoms with E-state index in [1.807, 2.05) is 25.1 Å². The number of carbonyl (C=O) groups excluding carboxylic acids is 1. The first kappa shape index (κ1) is 14.3. The predicted molar refractivity (Wildman–Crippen MR) is 79.7 cm³/mol. The fraction of sp³-hybridized carbons (Fsp3) is 0.235. The second kappa shape index (κ2) is 5.97. The van der Waals surface area contributed by atoms with E-state index in [-0.39, 0.29) is 6.61 Å². The number of ether oxygens (including phenoxy) is 4. The second-order valence-corrected chi connectivity index (χ2v) is 4.94. The molecule has 0 unspecified atom stereocenters. The minimum Gasteiger partial charge on any atom is -0.493 e. The van der Waals surface area contributed by atoms with Gasteiger partial charge in [0.15, 0.2) is 23.0 Å². The van der Waals surface area contributed by atoms with Gasteiger partial charge in [-0.2, -0.15) is 0 Å². The first-order chi connectivity index (χ1) is 10.7. The van der Waals surface area contributed by atoms with Crippen LogP contribution in [0.4, 0.5) is 0 Å². The number of esters is 1. The lowest BCUT2D eigenvalue weighted by atomic mass is 10.2. The van der Waals surface area contributed by atoms with Gasteiger partial charge in [-0.25, -0.2) is 4.79 Å². The third-order valence-corrected chi connectivity index (χ3v) is 3.30. The summed E-state index contributed by atoms with van der Waals surface area (Å²) < 4.78 is 21.7. The molecule has 0 amide bonds. The van der Waals surface area contributed by atoms with Gasteiger partial charge in [-0.05, 0) is 36.8 Å². The zero-order valence-corrected chi connectivity index (χ0v) is 12.4. The van der Waals surface area contributed by atoms with E-state index in [4.69, 9.17) is 18.9 Å². The molecule has 0 saturated carbocycles. The van der Waals surface area contributed by atoms with E-state index in [9.17, 15) is 4.79 Å². The Bertz CT molecular complexity index is 695. The van der Waals surface area contributed by atoms with Gasteiger partial charge in [0.1, 0.15) is 6.61 Å². The summed E-state index contributed by atoms with van der Waals surface area (Å²) in [5.41, 5.74) is 1.02. The molecule has 1 heterocycles. The maximum atomic E-state index is 12.2. The van der Waals surface area contributed by atoms with Crippen molar-refractivity contribution in [3.63, 3.8) is 0 Å². The molecule has 1 aliphatic rings. The van der Waals surface area contributed by atoms with Crippen molar-refractivity contribution in [2.24, 2.45) is 0 Å². The van der Waals surface area contributed by atoms with Crippen LogP contribution in [0.5, 0.6) is 23.0 Å². The number of hydrogen-bond acceptors (Lipinski definition) is 5. The largest absolute Gasteiger partial charge is 0.493 e. The van der Waals surface area contributed by atoms with Gasteiger partial charge in [0.05, 0.1) is 7.11 Å². The van der Waals surface area contributed by atoms with Gasteiger partial charge in [0, 0.05) is 0 Å². The highest BCUT2D eigenvalue weighted by Gasteiger charge is 2.29. The van der Waals surface area contributed by atoms with Crippen LogP contribution >= 0.6 is 0 Å². The number of hydrogen-bond donors (Lipinski definition) is 0. The zero-order chi connectivity index (χ0) is 15.5. The molecule has 3 rings (SSSR count). The summed E-state index contributed by atoms with van der Waals surface area (Å²) in [6.45, 7) is 2.05. The molecule has 2 aromatic carbocycles. The lowest BCUT2D eigenvalue weighted by Gasteiger charge is -2.25. The molecule has 22 heavy (non-hydrogen) atoms. The normalized spacial score (nSPS) is 16.0. The van der Waals surface area contributed by atoms with Gasteiger partial charge >= 0.3 is 5.97 Å². The molecule has 0 N–H and O–H groups in total. The summed E-state index contributed by atoms with van der Waals surface area (Å²) in [6, 6.07) is 12.6. The van der Waals surface area contributed by atoms with Crippen LogP contribution < -0.4 is 18.9 Å². The molecular formula is C17H16O5. The lowest BCUT2D eigenvalue weighted by Crippen LogP contribution is -2.39. The fourth-order valence-corrected chi connectivity index (χ4v) is 2.17. The molecule has 0 fully saturated rings. The van der Waals surface area contributed by atoms with E-state index < -0.39 is 12.1 Å². The Morgan fingerprint density at radius 1 is 1.14 bits per heavy atom. The van der Waals surface area contributed by atoms with Crippen molar-refractivity contribution in [1.29, 1.82) is 0 Å². The smallest absolute Gasteiger partial charge is 0.356 e. The standard InChI is InChI=1S/C17H16O5/c1-11-7-8-14(15(9-11)19-2)22-17(18)16-10-20-12-5-3-4-6-13(12)21-16/h3-9,16H,10H2,1-2H3/t16-/m1/s1. The Morgan fingerprint density at radius 3 is 2.68 bits per heavy atom. The van der Waals surface area contributed by atoms with E-state index in [1.165, 1.54) is 7.11 Å². The molecule has 0 radical (unpaired) electrons. The molecule has 2 aromatic rings. The Labute approximate surface area is 128 Å². The third kappa shape index (κ3) is 2.83. The van der Waals surface area contributed by atoms with Crippen molar-refractivity contribution < 1.29 is 23.7 Å². The highest BCUT2D eigenvalue weighted by atomic mass is 16.6. The van der Waals surface area contributed by atoms with Gasteiger partial charge in [0.25, 0.3) is 0 Å². The van der Waals surface area contributed by atoms with Crippen molar-refractivity contribution >= 4 is 5.97 Å². The summed E-state index contributed by atoms with van der Waals surface area (Å²) in [5.74, 6) is 1.51. The first-order valence-electron chi connectivity index (χ1n) is 6.92. The van der Waals surface area contributed by atoms with Crippen molar-refractivity contribution in [3.05, 3.63) is 48.0 Å². The summed E-state index contributed by atoms with van der Waals surface area (Å²) in [6.07, 6.45) is -0.805. The number of aryl methyl sites for hydroxylation is 1. The summed E-state index contributed by atoms with van der Waals surface area (Å²) in [4.78, 5) is 12.2. The minimum atomic E-state index is -0.805. The number of benzene rings is 2. The number of para-hydroxylation sites is 2. The van der Waals surface area contributed by atoms with E-state index in [2.05, 4.69) is 0 Å². The third-order valence-electron chi connectivity index (χ3n) is 3.30. The molecule has 0 aliphatic carbocycles. The molecule has 0 saturated heterocycles. The molecular weight excluding hydrogens is 284 g/mol. The fourth-order valence-electron chi connectivity index (χ4n) is 2.17. The van der Waals surface area contributed by atoms with Crippen LogP contribution in [-0.4, -0.2) is 25.8 Å². The summed E-state index contributed by atoms with van der Waals surface area (Å²) in [7, 11) is 1.53. The molecule has 5 heteroatoms. The van der Waals surface area contributed by atoms with Gasteiger partial charge < -0.3 is 18.9 Å². The molecule has 1 atom stereocenters. The van der Waals surface area contributed by atoms with Crippen LogP contribution in [0.15, 0.2) is 42.5 Å². The number of methoxy groups -OCH3 is 1. The van der Waals surface area contributed by atoms with Crippen LogP contribution in [-0.2, 0) is 4.79 Å². The van der Waals surface area contributed by atoms with E-state index in [0.717, 1.165) is 5.56 Å². The Morgan fingerprint density at radius 2 is 1.91 bits per heavy atom. The van der Waals surface area contributed by atoms with E-state index in [1.54, 1.807) is 24.3 Å². The molecule has 114 valence electrons. The van der Waals surface area contributed by atoms with Gasteiger partial charge in [0.2, 0.25) is 6.10 Å². The highest BCUT2D eigenvalue weighted by Crippen LogP contribution is 2.32. The quantitative estimate of drug-likeness (QED) is 0.644. The molecule has 0 bridgehead atoms. The van der Waals surface area contributed by atoms with Crippen LogP contribution in [0.1, 0.15) is 5.56 Å². The lowest BCUT2D eigenvalue weighted by molar-refractivity contribution is -0.144.